The Balaban J connectivity index is 1.12. The van der Waals surface area contributed by atoms with Crippen LogP contribution in [-0.4, -0.2) is 66.9 Å². The molecule has 0 aromatic rings. The SMILES string of the molecule is CC1=C(CCC(C)CN2CCN(C)CC2)O[C@H]2C[C@H]3[C@@H]4CC=C5C[C@@H](O)CC[C@]5(C)[C@H]4CC[C@]3(C)[C@@H]12. The molecule has 9 atom stereocenters. The topological polar surface area (TPSA) is 35.9 Å². The number of allylic oxidation sites excluding steroid dienone is 2. The first-order valence-corrected chi connectivity index (χ1v) is 15.3. The first kappa shape index (κ1) is 25.4. The average Bonchev–Trinajstić information content (AvgIpc) is 3.33. The van der Waals surface area contributed by atoms with Gasteiger partial charge < -0.3 is 19.6 Å². The maximum Gasteiger partial charge on any atom is 0.106 e. The fraction of sp³-hybridized carbons (Fsp3) is 0.875. The predicted molar refractivity (Wildman–Crippen MR) is 146 cm³/mol. The van der Waals surface area contributed by atoms with E-state index in [-0.39, 0.29) is 6.10 Å². The first-order valence-electron chi connectivity index (χ1n) is 15.3. The molecule has 4 fully saturated rings. The Morgan fingerprint density at radius 2 is 1.89 bits per heavy atom. The third kappa shape index (κ3) is 4.13. The van der Waals surface area contributed by atoms with E-state index in [0.29, 0.717) is 22.9 Å². The van der Waals surface area contributed by atoms with Crippen LogP contribution in [0.1, 0.15) is 85.5 Å². The maximum atomic E-state index is 10.3. The lowest BCUT2D eigenvalue weighted by Crippen LogP contribution is -2.50. The normalized spacial score (nSPS) is 45.9. The van der Waals surface area contributed by atoms with Crippen molar-refractivity contribution in [3.05, 3.63) is 23.0 Å². The third-order valence-electron chi connectivity index (χ3n) is 12.3. The monoisotopic (exact) mass is 496 g/mol. The molecular formula is C32H52N2O2. The summed E-state index contributed by atoms with van der Waals surface area (Å²) in [5, 5.41) is 10.3. The highest BCUT2D eigenvalue weighted by Gasteiger charge is 2.63. The molecule has 36 heavy (non-hydrogen) atoms. The van der Waals surface area contributed by atoms with E-state index in [1.54, 1.807) is 11.1 Å². The molecule has 0 aromatic carbocycles. The second kappa shape index (κ2) is 9.42. The highest BCUT2D eigenvalue weighted by molar-refractivity contribution is 5.30. The molecule has 4 aliphatic carbocycles. The van der Waals surface area contributed by atoms with Crippen LogP contribution in [0, 0.1) is 40.4 Å². The van der Waals surface area contributed by atoms with E-state index in [1.807, 2.05) is 0 Å². The highest BCUT2D eigenvalue weighted by Crippen LogP contribution is 2.68. The van der Waals surface area contributed by atoms with E-state index in [9.17, 15) is 5.11 Å². The van der Waals surface area contributed by atoms with Gasteiger partial charge in [0.05, 0.1) is 11.9 Å². The van der Waals surface area contributed by atoms with Crippen LogP contribution in [0.25, 0.3) is 0 Å². The molecule has 2 aliphatic heterocycles. The number of nitrogens with zero attached hydrogens (tertiary/aromatic N) is 2. The Kier molecular flexibility index (Phi) is 6.65. The molecule has 6 rings (SSSR count). The lowest BCUT2D eigenvalue weighted by Gasteiger charge is -2.57. The Labute approximate surface area is 220 Å². The quantitative estimate of drug-likeness (QED) is 0.483. The van der Waals surface area contributed by atoms with Gasteiger partial charge in [-0.25, -0.2) is 0 Å². The van der Waals surface area contributed by atoms with Crippen LogP contribution in [0.3, 0.4) is 0 Å². The van der Waals surface area contributed by atoms with Crippen molar-refractivity contribution in [2.45, 2.75) is 97.7 Å². The minimum absolute atomic E-state index is 0.107. The maximum absolute atomic E-state index is 10.3. The molecule has 202 valence electrons. The zero-order valence-electron chi connectivity index (χ0n) is 23.8. The number of aliphatic hydroxyl groups is 1. The fourth-order valence-electron chi connectivity index (χ4n) is 10.2. The van der Waals surface area contributed by atoms with Gasteiger partial charge in [0, 0.05) is 45.1 Å². The standard InChI is InChI=1S/C32H52N2O2/c1-21(20-34-16-14-33(5)15-17-34)6-9-28-22(2)30-29(36-28)19-27-25-8-7-23-18-24(35)10-12-31(23,3)26(25)11-13-32(27,30)4/h7,21,24-27,29-30,35H,6,8-20H2,1-5H3/t21?,24-,25+,26-,27-,29-,30-,31-,32-/m0/s1. The largest absolute Gasteiger partial charge is 0.494 e. The Bertz CT molecular complexity index is 904. The molecule has 0 amide bonds. The van der Waals surface area contributed by atoms with Crippen LogP contribution in [0.4, 0.5) is 0 Å². The zero-order chi connectivity index (χ0) is 25.2. The number of aliphatic hydroxyl groups excluding tert-OH is 1. The molecule has 3 saturated carbocycles. The van der Waals surface area contributed by atoms with Gasteiger partial charge in [0.15, 0.2) is 0 Å². The number of ether oxygens (including phenoxy) is 1. The molecule has 0 spiro atoms. The molecule has 4 nitrogen and oxygen atoms in total. The number of fused-ring (bicyclic) bond motifs is 7. The summed E-state index contributed by atoms with van der Waals surface area (Å²) in [4.78, 5) is 5.11. The Morgan fingerprint density at radius 3 is 2.67 bits per heavy atom. The van der Waals surface area contributed by atoms with Crippen LogP contribution in [-0.2, 0) is 4.74 Å². The van der Waals surface area contributed by atoms with Crippen LogP contribution in [0.2, 0.25) is 0 Å². The number of piperazine rings is 1. The summed E-state index contributed by atoms with van der Waals surface area (Å²) in [6.45, 7) is 16.2. The number of likely N-dealkylation sites (N-methyl/N-ethyl adjacent to an activating group) is 1. The highest BCUT2D eigenvalue weighted by atomic mass is 16.5. The lowest BCUT2D eigenvalue weighted by molar-refractivity contribution is -0.0454. The van der Waals surface area contributed by atoms with Crippen LogP contribution in [0.15, 0.2) is 23.0 Å². The Hall–Kier alpha value is -0.840. The van der Waals surface area contributed by atoms with Gasteiger partial charge in [-0.3, -0.25) is 0 Å². The fourth-order valence-corrected chi connectivity index (χ4v) is 10.2. The summed E-state index contributed by atoms with van der Waals surface area (Å²) in [5.41, 5.74) is 3.93. The summed E-state index contributed by atoms with van der Waals surface area (Å²) < 4.78 is 6.85. The average molecular weight is 497 g/mol. The molecular weight excluding hydrogens is 444 g/mol. The molecule has 1 N–H and O–H groups in total. The van der Waals surface area contributed by atoms with Crippen molar-refractivity contribution >= 4 is 0 Å². The molecule has 4 heteroatoms. The molecule has 2 heterocycles. The van der Waals surface area contributed by atoms with Gasteiger partial charge in [-0.1, -0.05) is 32.4 Å². The van der Waals surface area contributed by atoms with Crippen molar-refractivity contribution in [2.24, 2.45) is 40.4 Å². The van der Waals surface area contributed by atoms with Gasteiger partial charge in [-0.2, -0.15) is 0 Å². The summed E-state index contributed by atoms with van der Waals surface area (Å²) >= 11 is 0. The van der Waals surface area contributed by atoms with Gasteiger partial charge >= 0.3 is 0 Å². The zero-order valence-corrected chi connectivity index (χ0v) is 23.8. The van der Waals surface area contributed by atoms with Crippen molar-refractivity contribution in [2.75, 3.05) is 39.8 Å². The number of rotatable bonds is 5. The summed E-state index contributed by atoms with van der Waals surface area (Å²) in [7, 11) is 2.24. The van der Waals surface area contributed by atoms with Crippen LogP contribution in [0.5, 0.6) is 0 Å². The van der Waals surface area contributed by atoms with Gasteiger partial charge in [-0.15, -0.1) is 0 Å². The van der Waals surface area contributed by atoms with E-state index in [2.05, 4.69) is 50.6 Å². The van der Waals surface area contributed by atoms with Gasteiger partial charge in [0.2, 0.25) is 0 Å². The summed E-state index contributed by atoms with van der Waals surface area (Å²) in [6.07, 6.45) is 13.6. The van der Waals surface area contributed by atoms with E-state index < -0.39 is 0 Å². The van der Waals surface area contributed by atoms with E-state index in [4.69, 9.17) is 4.74 Å². The number of hydrogen-bond donors (Lipinski definition) is 1. The summed E-state index contributed by atoms with van der Waals surface area (Å²) in [6, 6.07) is 0. The second-order valence-corrected chi connectivity index (χ2v) is 14.4. The molecule has 1 saturated heterocycles. The van der Waals surface area contributed by atoms with Crippen molar-refractivity contribution < 1.29 is 9.84 Å². The Morgan fingerprint density at radius 1 is 1.11 bits per heavy atom. The van der Waals surface area contributed by atoms with Gasteiger partial charge in [-0.05, 0) is 105 Å². The first-order chi connectivity index (χ1) is 17.2. The lowest BCUT2D eigenvalue weighted by atomic mass is 9.47. The third-order valence-corrected chi connectivity index (χ3v) is 12.3. The van der Waals surface area contributed by atoms with Crippen molar-refractivity contribution in [1.29, 1.82) is 0 Å². The summed E-state index contributed by atoms with van der Waals surface area (Å²) in [5.74, 6) is 5.13. The molecule has 0 radical (unpaired) electrons. The van der Waals surface area contributed by atoms with Crippen molar-refractivity contribution in [3.8, 4) is 0 Å². The van der Waals surface area contributed by atoms with E-state index in [0.717, 1.165) is 42.9 Å². The van der Waals surface area contributed by atoms with E-state index >= 15 is 0 Å². The van der Waals surface area contributed by atoms with Crippen molar-refractivity contribution in [1.82, 2.24) is 9.80 Å². The minimum atomic E-state index is -0.107. The van der Waals surface area contributed by atoms with E-state index in [1.165, 1.54) is 77.0 Å². The van der Waals surface area contributed by atoms with Crippen LogP contribution >= 0.6 is 0 Å². The number of hydrogen-bond acceptors (Lipinski definition) is 4. The van der Waals surface area contributed by atoms with Crippen LogP contribution < -0.4 is 0 Å². The van der Waals surface area contributed by atoms with Gasteiger partial charge in [0.1, 0.15) is 6.10 Å². The molecule has 0 aromatic heterocycles. The molecule has 0 bridgehead atoms. The second-order valence-electron chi connectivity index (χ2n) is 14.4. The predicted octanol–water partition coefficient (Wildman–Crippen LogP) is 5.87. The van der Waals surface area contributed by atoms with Crippen molar-refractivity contribution in [3.63, 3.8) is 0 Å². The molecule has 6 aliphatic rings. The minimum Gasteiger partial charge on any atom is -0.494 e. The molecule has 1 unspecified atom stereocenters. The van der Waals surface area contributed by atoms with Gasteiger partial charge in [0.25, 0.3) is 0 Å². The smallest absolute Gasteiger partial charge is 0.106 e.